The molecule has 1 aliphatic rings. The molecular weight excluding hydrogens is 524 g/mol. The van der Waals surface area contributed by atoms with Crippen molar-refractivity contribution in [1.29, 1.82) is 0 Å². The van der Waals surface area contributed by atoms with E-state index in [-0.39, 0.29) is 6.04 Å². The van der Waals surface area contributed by atoms with Gasteiger partial charge in [-0.2, -0.15) is 10.2 Å². The Morgan fingerprint density at radius 3 is 2.00 bits per heavy atom. The van der Waals surface area contributed by atoms with Gasteiger partial charge in [0.2, 0.25) is 5.88 Å². The highest BCUT2D eigenvalue weighted by molar-refractivity contribution is 9.10. The number of benzene rings is 4. The van der Waals surface area contributed by atoms with Gasteiger partial charge in [-0.15, -0.1) is 0 Å². The van der Waals surface area contributed by atoms with Crippen LogP contribution in [0.4, 0.5) is 5.69 Å². The van der Waals surface area contributed by atoms with Gasteiger partial charge in [0.1, 0.15) is 5.75 Å². The van der Waals surface area contributed by atoms with Crippen LogP contribution in [0.15, 0.2) is 125 Å². The molecule has 6 heteroatoms. The van der Waals surface area contributed by atoms with Gasteiger partial charge in [-0.05, 0) is 61.0 Å². The third kappa shape index (κ3) is 4.68. The zero-order valence-corrected chi connectivity index (χ0v) is 21.9. The molecule has 0 N–H and O–H groups in total. The van der Waals surface area contributed by atoms with Gasteiger partial charge in [-0.1, -0.05) is 82.7 Å². The van der Waals surface area contributed by atoms with E-state index in [0.29, 0.717) is 5.88 Å². The van der Waals surface area contributed by atoms with Crippen molar-refractivity contribution in [2.45, 2.75) is 19.4 Å². The lowest BCUT2D eigenvalue weighted by Crippen LogP contribution is -2.19. The maximum absolute atomic E-state index is 6.59. The summed E-state index contributed by atoms with van der Waals surface area (Å²) in [5.74, 6) is 1.47. The quantitative estimate of drug-likeness (QED) is 0.215. The number of nitrogens with zero attached hydrogens (tertiary/aromatic N) is 4. The predicted octanol–water partition coefficient (Wildman–Crippen LogP) is 8.09. The molecule has 1 aliphatic heterocycles. The Kier molecular flexibility index (Phi) is 6.33. The van der Waals surface area contributed by atoms with Crippen molar-refractivity contribution in [3.63, 3.8) is 0 Å². The van der Waals surface area contributed by atoms with Crippen LogP contribution in [0.3, 0.4) is 0 Å². The van der Waals surface area contributed by atoms with Crippen LogP contribution in [-0.4, -0.2) is 15.5 Å². The largest absolute Gasteiger partial charge is 0.439 e. The Bertz CT molecular complexity index is 1530. The van der Waals surface area contributed by atoms with Gasteiger partial charge in [0.25, 0.3) is 0 Å². The molecule has 0 bridgehead atoms. The number of anilines is 1. The molecule has 0 aliphatic carbocycles. The van der Waals surface area contributed by atoms with E-state index in [1.807, 2.05) is 90.5 Å². The fraction of sp³-hybridized carbons (Fsp3) is 0.0968. The van der Waals surface area contributed by atoms with Crippen LogP contribution < -0.4 is 9.75 Å². The minimum Gasteiger partial charge on any atom is -0.439 e. The van der Waals surface area contributed by atoms with Gasteiger partial charge >= 0.3 is 0 Å². The first-order valence-corrected chi connectivity index (χ1v) is 13.0. The maximum atomic E-state index is 6.59. The molecule has 0 fully saturated rings. The molecule has 1 aromatic heterocycles. The molecule has 0 radical (unpaired) electrons. The van der Waals surface area contributed by atoms with Gasteiger partial charge < -0.3 is 4.74 Å². The number of hydrogen-bond acceptors (Lipinski definition) is 4. The Hall–Kier alpha value is -4.16. The highest BCUT2D eigenvalue weighted by atomic mass is 79.9. The zero-order chi connectivity index (χ0) is 25.2. The molecule has 0 spiro atoms. The van der Waals surface area contributed by atoms with Crippen LogP contribution in [-0.2, 0) is 0 Å². The van der Waals surface area contributed by atoms with Gasteiger partial charge in [-0.3, -0.25) is 5.01 Å². The number of rotatable bonds is 6. The molecule has 0 amide bonds. The van der Waals surface area contributed by atoms with Crippen molar-refractivity contribution in [1.82, 2.24) is 9.78 Å². The number of aromatic nitrogens is 2. The second-order valence-electron chi connectivity index (χ2n) is 8.92. The molecule has 1 unspecified atom stereocenters. The first kappa shape index (κ1) is 23.3. The fourth-order valence-electron chi connectivity index (χ4n) is 4.72. The van der Waals surface area contributed by atoms with Crippen molar-refractivity contribution >= 4 is 27.3 Å². The summed E-state index contributed by atoms with van der Waals surface area (Å²) in [7, 11) is 0. The lowest BCUT2D eigenvalue weighted by atomic mass is 9.98. The second-order valence-corrected chi connectivity index (χ2v) is 9.84. The van der Waals surface area contributed by atoms with Crippen LogP contribution in [0.5, 0.6) is 11.6 Å². The average molecular weight is 549 g/mol. The normalized spacial score (nSPS) is 15.0. The number of halogens is 1. The third-order valence-corrected chi connectivity index (χ3v) is 6.99. The Balaban J connectivity index is 1.50. The highest BCUT2D eigenvalue weighted by Gasteiger charge is 2.36. The molecule has 1 atom stereocenters. The van der Waals surface area contributed by atoms with Crippen LogP contribution in [0.25, 0.3) is 5.69 Å². The lowest BCUT2D eigenvalue weighted by molar-refractivity contribution is 0.434. The number of aryl methyl sites for hydroxylation is 1. The molecule has 182 valence electrons. The van der Waals surface area contributed by atoms with Crippen molar-refractivity contribution in [2.75, 3.05) is 5.01 Å². The molecule has 0 saturated heterocycles. The minimum atomic E-state index is -0.0859. The SMILES string of the molecule is Cc1nn(-c2ccccc2)c(Oc2ccccc2)c1C1CC(c2ccc(Br)cc2)=NN1c1ccccc1. The molecule has 5 aromatic rings. The zero-order valence-electron chi connectivity index (χ0n) is 20.3. The summed E-state index contributed by atoms with van der Waals surface area (Å²) in [6.45, 7) is 2.05. The highest BCUT2D eigenvalue weighted by Crippen LogP contribution is 2.43. The van der Waals surface area contributed by atoms with E-state index in [1.54, 1.807) is 0 Å². The van der Waals surface area contributed by atoms with E-state index >= 15 is 0 Å². The molecule has 37 heavy (non-hydrogen) atoms. The van der Waals surface area contributed by atoms with Gasteiger partial charge in [0.15, 0.2) is 0 Å². The van der Waals surface area contributed by atoms with E-state index in [2.05, 4.69) is 57.3 Å². The Labute approximate surface area is 224 Å². The molecular formula is C31H25BrN4O. The third-order valence-electron chi connectivity index (χ3n) is 6.46. The summed E-state index contributed by atoms with van der Waals surface area (Å²) in [6, 6.07) is 38.5. The van der Waals surface area contributed by atoms with E-state index in [4.69, 9.17) is 14.9 Å². The summed E-state index contributed by atoms with van der Waals surface area (Å²) in [4.78, 5) is 0. The van der Waals surface area contributed by atoms with Crippen LogP contribution in [0.2, 0.25) is 0 Å². The van der Waals surface area contributed by atoms with E-state index in [0.717, 1.165) is 50.6 Å². The number of hydrazone groups is 1. The Morgan fingerprint density at radius 1 is 0.757 bits per heavy atom. The standard InChI is InChI=1S/C31H25BrN4O/c1-22-30(31(37-27-15-9-4-10-16-27)36(33-22)26-13-7-3-8-14-26)29-21-28(23-17-19-24(32)20-18-23)34-35(29)25-11-5-2-6-12-25/h2-20,29H,21H2,1H3. The number of hydrogen-bond donors (Lipinski definition) is 0. The van der Waals surface area contributed by atoms with Crippen LogP contribution in [0.1, 0.15) is 29.3 Å². The maximum Gasteiger partial charge on any atom is 0.228 e. The predicted molar refractivity (Wildman–Crippen MR) is 152 cm³/mol. The monoisotopic (exact) mass is 548 g/mol. The van der Waals surface area contributed by atoms with Crippen LogP contribution in [0, 0.1) is 6.92 Å². The van der Waals surface area contributed by atoms with Gasteiger partial charge in [0, 0.05) is 10.9 Å². The molecule has 5 nitrogen and oxygen atoms in total. The molecule has 4 aromatic carbocycles. The summed E-state index contributed by atoms with van der Waals surface area (Å²) < 4.78 is 9.53. The van der Waals surface area contributed by atoms with E-state index < -0.39 is 0 Å². The fourth-order valence-corrected chi connectivity index (χ4v) is 4.98. The van der Waals surface area contributed by atoms with Crippen molar-refractivity contribution in [3.05, 3.63) is 137 Å². The lowest BCUT2D eigenvalue weighted by Gasteiger charge is -2.24. The molecule has 6 rings (SSSR count). The second kappa shape index (κ2) is 10.1. The minimum absolute atomic E-state index is 0.0859. The Morgan fingerprint density at radius 2 is 1.35 bits per heavy atom. The smallest absolute Gasteiger partial charge is 0.228 e. The van der Waals surface area contributed by atoms with Gasteiger partial charge in [-0.25, -0.2) is 4.68 Å². The number of para-hydroxylation sites is 3. The first-order valence-electron chi connectivity index (χ1n) is 12.2. The average Bonchev–Trinajstić information content (AvgIpc) is 3.51. The molecule has 2 heterocycles. The van der Waals surface area contributed by atoms with Crippen molar-refractivity contribution < 1.29 is 4.74 Å². The summed E-state index contributed by atoms with van der Waals surface area (Å²) in [6.07, 6.45) is 0.725. The topological polar surface area (TPSA) is 42.6 Å². The van der Waals surface area contributed by atoms with Gasteiger partial charge in [0.05, 0.1) is 34.4 Å². The van der Waals surface area contributed by atoms with Crippen LogP contribution >= 0.6 is 15.9 Å². The summed E-state index contributed by atoms with van der Waals surface area (Å²) >= 11 is 3.55. The first-order chi connectivity index (χ1) is 18.2. The number of ether oxygens (including phenoxy) is 1. The van der Waals surface area contributed by atoms with Crippen molar-refractivity contribution in [3.8, 4) is 17.3 Å². The van der Waals surface area contributed by atoms with E-state index in [1.165, 1.54) is 0 Å². The summed E-state index contributed by atoms with van der Waals surface area (Å²) in [5, 5.41) is 12.2. The van der Waals surface area contributed by atoms with E-state index in [9.17, 15) is 0 Å². The molecule has 0 saturated carbocycles. The summed E-state index contributed by atoms with van der Waals surface area (Å²) in [5.41, 5.74) is 6.03. The van der Waals surface area contributed by atoms with Crippen molar-refractivity contribution in [2.24, 2.45) is 5.10 Å².